The molecule has 0 aliphatic heterocycles. The third-order valence-electron chi connectivity index (χ3n) is 3.59. The predicted molar refractivity (Wildman–Crippen MR) is 96.9 cm³/mol. The van der Waals surface area contributed by atoms with Crippen LogP contribution in [0.5, 0.6) is 11.5 Å². The number of nitro groups is 1. The molecule has 2 aromatic carbocycles. The number of thiophene rings is 1. The summed E-state index contributed by atoms with van der Waals surface area (Å²) >= 11 is 1.03. The predicted octanol–water partition coefficient (Wildman–Crippen LogP) is 5.72. The molecule has 0 saturated carbocycles. The van der Waals surface area contributed by atoms with Crippen molar-refractivity contribution >= 4 is 28.6 Å². The monoisotopic (exact) mass is 408 g/mol. The van der Waals surface area contributed by atoms with Crippen LogP contribution in [0, 0.1) is 10.1 Å². The molecule has 0 atom stereocenters. The molecule has 0 bridgehead atoms. The van der Waals surface area contributed by atoms with E-state index in [9.17, 15) is 28.1 Å². The molecule has 0 aliphatic rings. The Morgan fingerprint density at radius 1 is 1.04 bits per heavy atom. The summed E-state index contributed by atoms with van der Waals surface area (Å²) in [6.45, 7) is 0. The zero-order valence-corrected chi connectivity index (χ0v) is 14.7. The minimum atomic E-state index is -4.47. The van der Waals surface area contributed by atoms with Gasteiger partial charge in [0.1, 0.15) is 4.88 Å². The van der Waals surface area contributed by atoms with E-state index in [0.717, 1.165) is 35.6 Å². The Labute approximate surface area is 160 Å². The minimum Gasteiger partial charge on any atom is -0.448 e. The first-order chi connectivity index (χ1) is 13.3. The first-order valence-corrected chi connectivity index (χ1v) is 8.61. The fourth-order valence-corrected chi connectivity index (χ4v) is 3.00. The van der Waals surface area contributed by atoms with Crippen LogP contribution in [0.3, 0.4) is 0 Å². The molecule has 3 rings (SSSR count). The van der Waals surface area contributed by atoms with E-state index in [0.29, 0.717) is 0 Å². The first kappa shape index (κ1) is 19.4. The topological polar surface area (TPSA) is 81.5 Å². The molecule has 1 aromatic heterocycles. The van der Waals surface area contributed by atoms with Gasteiger partial charge in [-0.2, -0.15) is 13.2 Å². The van der Waals surface area contributed by atoms with Crippen molar-refractivity contribution in [3.8, 4) is 11.5 Å². The van der Waals surface area contributed by atoms with Crippen LogP contribution in [0.4, 0.5) is 24.5 Å². The highest BCUT2D eigenvalue weighted by Crippen LogP contribution is 2.35. The third kappa shape index (κ3) is 4.29. The molecule has 0 spiro atoms. The van der Waals surface area contributed by atoms with Crippen LogP contribution in [0.15, 0.2) is 60.0 Å². The Morgan fingerprint density at radius 3 is 2.36 bits per heavy atom. The van der Waals surface area contributed by atoms with Crippen LogP contribution in [-0.4, -0.2) is 10.8 Å². The molecule has 0 fully saturated rings. The molecule has 1 heterocycles. The summed E-state index contributed by atoms with van der Waals surface area (Å²) in [4.78, 5) is 23.0. The Hall–Kier alpha value is -3.40. The lowest BCUT2D eigenvalue weighted by Crippen LogP contribution is -2.12. The lowest BCUT2D eigenvalue weighted by atomic mass is 10.2. The third-order valence-corrected chi connectivity index (χ3v) is 4.48. The molecule has 0 unspecified atom stereocenters. The lowest BCUT2D eigenvalue weighted by Gasteiger charge is -2.10. The molecule has 28 heavy (non-hydrogen) atoms. The SMILES string of the molecule is O=C(Nc1ccc(C(F)(F)F)cc1)c1sccc1Oc1ccccc1[N+](=O)[O-]. The number of hydrogen-bond donors (Lipinski definition) is 1. The quantitative estimate of drug-likeness (QED) is 0.432. The van der Waals surface area contributed by atoms with E-state index in [1.165, 1.54) is 24.3 Å². The number of hydrogen-bond acceptors (Lipinski definition) is 5. The maximum Gasteiger partial charge on any atom is 0.416 e. The fourth-order valence-electron chi connectivity index (χ4n) is 2.29. The highest BCUT2D eigenvalue weighted by atomic mass is 32.1. The molecular formula is C18H11F3N2O4S. The number of rotatable bonds is 5. The normalized spacial score (nSPS) is 11.1. The number of para-hydroxylation sites is 2. The van der Waals surface area contributed by atoms with Gasteiger partial charge in [0.15, 0.2) is 5.75 Å². The molecule has 6 nitrogen and oxygen atoms in total. The summed E-state index contributed by atoms with van der Waals surface area (Å²) in [6, 6.07) is 11.2. The number of halogens is 3. The van der Waals surface area contributed by atoms with Crippen LogP contribution in [0.1, 0.15) is 15.2 Å². The van der Waals surface area contributed by atoms with Gasteiger partial charge in [-0.15, -0.1) is 11.3 Å². The molecule has 10 heteroatoms. The molecule has 0 aliphatic carbocycles. The van der Waals surface area contributed by atoms with Crippen molar-refractivity contribution in [2.45, 2.75) is 6.18 Å². The average Bonchev–Trinajstić information content (AvgIpc) is 3.10. The van der Waals surface area contributed by atoms with Crippen molar-refractivity contribution in [2.24, 2.45) is 0 Å². The Balaban J connectivity index is 1.78. The number of nitro benzene ring substituents is 1. The van der Waals surface area contributed by atoms with Gasteiger partial charge in [0.25, 0.3) is 5.91 Å². The summed E-state index contributed by atoms with van der Waals surface area (Å²) in [5.41, 5.74) is -0.923. The Kier molecular flexibility index (Phi) is 5.32. The van der Waals surface area contributed by atoms with Crippen molar-refractivity contribution in [1.29, 1.82) is 0 Å². The number of nitrogens with one attached hydrogen (secondary N) is 1. The van der Waals surface area contributed by atoms with Gasteiger partial charge in [-0.1, -0.05) is 12.1 Å². The van der Waals surface area contributed by atoms with Gasteiger partial charge >= 0.3 is 11.9 Å². The average molecular weight is 408 g/mol. The van der Waals surface area contributed by atoms with E-state index in [-0.39, 0.29) is 27.8 Å². The van der Waals surface area contributed by atoms with Gasteiger partial charge in [-0.3, -0.25) is 14.9 Å². The van der Waals surface area contributed by atoms with Crippen molar-refractivity contribution < 1.29 is 27.6 Å². The number of ether oxygens (including phenoxy) is 1. The van der Waals surface area contributed by atoms with Gasteiger partial charge in [-0.05, 0) is 41.8 Å². The van der Waals surface area contributed by atoms with Crippen molar-refractivity contribution in [3.63, 3.8) is 0 Å². The van der Waals surface area contributed by atoms with Crippen molar-refractivity contribution in [1.82, 2.24) is 0 Å². The molecule has 1 N–H and O–H groups in total. The van der Waals surface area contributed by atoms with E-state index in [4.69, 9.17) is 4.74 Å². The number of anilines is 1. The minimum absolute atomic E-state index is 0.0329. The van der Waals surface area contributed by atoms with Gasteiger partial charge in [0.05, 0.1) is 10.5 Å². The van der Waals surface area contributed by atoms with Crippen LogP contribution in [0.2, 0.25) is 0 Å². The van der Waals surface area contributed by atoms with Gasteiger partial charge < -0.3 is 10.1 Å². The number of carbonyl (C=O) groups excluding carboxylic acids is 1. The highest BCUT2D eigenvalue weighted by Gasteiger charge is 2.30. The fraction of sp³-hybridized carbons (Fsp3) is 0.0556. The molecular weight excluding hydrogens is 397 g/mol. The number of amides is 1. The van der Waals surface area contributed by atoms with Gasteiger partial charge in [0.2, 0.25) is 5.75 Å². The largest absolute Gasteiger partial charge is 0.448 e. The van der Waals surface area contributed by atoms with Crippen LogP contribution < -0.4 is 10.1 Å². The van der Waals surface area contributed by atoms with E-state index < -0.39 is 22.6 Å². The van der Waals surface area contributed by atoms with Crippen LogP contribution in [0.25, 0.3) is 0 Å². The smallest absolute Gasteiger partial charge is 0.416 e. The number of carbonyl (C=O) groups is 1. The van der Waals surface area contributed by atoms with Crippen LogP contribution >= 0.6 is 11.3 Å². The van der Waals surface area contributed by atoms with Crippen molar-refractivity contribution in [3.05, 3.63) is 80.5 Å². The number of nitrogens with zero attached hydrogens (tertiary/aromatic N) is 1. The summed E-state index contributed by atoms with van der Waals surface area (Å²) in [7, 11) is 0. The summed E-state index contributed by atoms with van der Waals surface area (Å²) in [5, 5.41) is 15.1. The second-order valence-electron chi connectivity index (χ2n) is 5.47. The second-order valence-corrected chi connectivity index (χ2v) is 6.39. The van der Waals surface area contributed by atoms with E-state index in [1.807, 2.05) is 0 Å². The molecule has 1 amide bonds. The van der Waals surface area contributed by atoms with E-state index in [1.54, 1.807) is 11.4 Å². The van der Waals surface area contributed by atoms with E-state index in [2.05, 4.69) is 5.32 Å². The zero-order valence-electron chi connectivity index (χ0n) is 13.9. The Bertz CT molecular complexity index is 1020. The standard InChI is InChI=1S/C18H11F3N2O4S/c19-18(20,21)11-5-7-12(8-6-11)22-17(24)16-15(9-10-28-16)27-14-4-2-1-3-13(14)23(25)26/h1-10H,(H,22,24). The van der Waals surface area contributed by atoms with Gasteiger partial charge in [-0.25, -0.2) is 0 Å². The van der Waals surface area contributed by atoms with Crippen molar-refractivity contribution in [2.75, 3.05) is 5.32 Å². The van der Waals surface area contributed by atoms with Crippen LogP contribution in [-0.2, 0) is 6.18 Å². The molecule has 3 aromatic rings. The molecule has 0 radical (unpaired) electrons. The first-order valence-electron chi connectivity index (χ1n) is 7.73. The maximum absolute atomic E-state index is 12.6. The van der Waals surface area contributed by atoms with E-state index >= 15 is 0 Å². The summed E-state index contributed by atoms with van der Waals surface area (Å²) in [6.07, 6.45) is -4.47. The maximum atomic E-state index is 12.6. The number of benzene rings is 2. The lowest BCUT2D eigenvalue weighted by molar-refractivity contribution is -0.385. The molecule has 0 saturated heterocycles. The summed E-state index contributed by atoms with van der Waals surface area (Å²) < 4.78 is 43.3. The van der Waals surface area contributed by atoms with Gasteiger partial charge in [0, 0.05) is 11.8 Å². The number of alkyl halides is 3. The zero-order chi connectivity index (χ0) is 20.3. The second kappa shape index (κ2) is 7.69. The molecule has 144 valence electrons. The summed E-state index contributed by atoms with van der Waals surface area (Å²) in [5.74, 6) is -0.540. The Morgan fingerprint density at radius 2 is 1.71 bits per heavy atom. The highest BCUT2D eigenvalue weighted by molar-refractivity contribution is 7.12.